The van der Waals surface area contributed by atoms with E-state index in [9.17, 15) is 9.59 Å². The number of aromatic nitrogens is 3. The lowest BCUT2D eigenvalue weighted by atomic mass is 10.1. The summed E-state index contributed by atoms with van der Waals surface area (Å²) in [6.45, 7) is 3.24. The average Bonchev–Trinajstić information content (AvgIpc) is 2.73. The van der Waals surface area contributed by atoms with Crippen molar-refractivity contribution in [3.05, 3.63) is 11.9 Å². The molecule has 0 radical (unpaired) electrons. The summed E-state index contributed by atoms with van der Waals surface area (Å²) in [5.41, 5.74) is -0.291. The molecule has 0 saturated carbocycles. The van der Waals surface area contributed by atoms with Crippen LogP contribution in [0.3, 0.4) is 0 Å². The maximum absolute atomic E-state index is 11.5. The summed E-state index contributed by atoms with van der Waals surface area (Å²) in [7, 11) is 0. The van der Waals surface area contributed by atoms with Crippen LogP contribution in [0, 0.1) is 12.3 Å². The van der Waals surface area contributed by atoms with Gasteiger partial charge in [0.15, 0.2) is 0 Å². The smallest absolute Gasteiger partial charge is 0.325 e. The van der Waals surface area contributed by atoms with E-state index >= 15 is 0 Å². The van der Waals surface area contributed by atoms with Gasteiger partial charge in [-0.3, -0.25) is 4.79 Å². The fourth-order valence-corrected chi connectivity index (χ4v) is 1.17. The standard InChI is InChI=1S/C11H15N5O3/c1-4-11(2,3)13-10(19)12-5-8-6-16(15-14-8)7-9(17)18/h1,6H,5,7H2,2-3H3,(H,17,18)(H2,12,13,19). The van der Waals surface area contributed by atoms with Crippen LogP contribution in [0.15, 0.2) is 6.20 Å². The predicted octanol–water partition coefficient (Wildman–Crippen LogP) is -0.426. The minimum atomic E-state index is -1.02. The van der Waals surface area contributed by atoms with Gasteiger partial charge in [-0.25, -0.2) is 9.48 Å². The van der Waals surface area contributed by atoms with E-state index in [0.29, 0.717) is 5.69 Å². The first-order chi connectivity index (χ1) is 8.82. The predicted molar refractivity (Wildman–Crippen MR) is 65.9 cm³/mol. The second-order valence-corrected chi connectivity index (χ2v) is 4.38. The van der Waals surface area contributed by atoms with E-state index in [-0.39, 0.29) is 13.1 Å². The van der Waals surface area contributed by atoms with Gasteiger partial charge in [-0.15, -0.1) is 11.5 Å². The van der Waals surface area contributed by atoms with Crippen LogP contribution in [0.5, 0.6) is 0 Å². The Balaban J connectivity index is 2.45. The topological polar surface area (TPSA) is 109 Å². The highest BCUT2D eigenvalue weighted by molar-refractivity contribution is 5.75. The maximum atomic E-state index is 11.5. The van der Waals surface area contributed by atoms with Crippen molar-refractivity contribution < 1.29 is 14.7 Å². The molecule has 1 aromatic rings. The summed E-state index contributed by atoms with van der Waals surface area (Å²) < 4.78 is 1.17. The minimum Gasteiger partial charge on any atom is -0.480 e. The molecular formula is C11H15N5O3. The number of carboxylic acids is 1. The first kappa shape index (κ1) is 14.5. The Labute approximate surface area is 110 Å². The Hall–Kier alpha value is -2.56. The molecule has 8 heteroatoms. The number of amides is 2. The van der Waals surface area contributed by atoms with Crippen LogP contribution >= 0.6 is 0 Å². The number of hydrogen-bond acceptors (Lipinski definition) is 4. The van der Waals surface area contributed by atoms with Crippen LogP contribution in [-0.4, -0.2) is 37.6 Å². The molecule has 0 bridgehead atoms. The fraction of sp³-hybridized carbons (Fsp3) is 0.455. The average molecular weight is 265 g/mol. The molecule has 0 aliphatic heterocycles. The summed E-state index contributed by atoms with van der Waals surface area (Å²) in [5, 5.41) is 21.0. The van der Waals surface area contributed by atoms with Gasteiger partial charge in [-0.05, 0) is 13.8 Å². The largest absolute Gasteiger partial charge is 0.480 e. The molecule has 0 fully saturated rings. The van der Waals surface area contributed by atoms with Crippen LogP contribution in [-0.2, 0) is 17.9 Å². The molecular weight excluding hydrogens is 250 g/mol. The van der Waals surface area contributed by atoms with Crippen LogP contribution in [0.25, 0.3) is 0 Å². The lowest BCUT2D eigenvalue weighted by Crippen LogP contribution is -2.47. The van der Waals surface area contributed by atoms with E-state index in [1.54, 1.807) is 13.8 Å². The zero-order valence-electron chi connectivity index (χ0n) is 10.7. The number of nitrogens with zero attached hydrogens (tertiary/aromatic N) is 3. The first-order valence-electron chi connectivity index (χ1n) is 5.47. The Morgan fingerprint density at radius 3 is 2.84 bits per heavy atom. The molecule has 0 spiro atoms. The third-order valence-corrected chi connectivity index (χ3v) is 2.10. The molecule has 0 atom stereocenters. The normalized spacial score (nSPS) is 10.6. The van der Waals surface area contributed by atoms with Crippen LogP contribution < -0.4 is 10.6 Å². The number of hydrogen-bond donors (Lipinski definition) is 3. The number of carbonyl (C=O) groups excluding carboxylic acids is 1. The quantitative estimate of drug-likeness (QED) is 0.626. The van der Waals surface area contributed by atoms with Crippen molar-refractivity contribution in [1.82, 2.24) is 25.6 Å². The number of urea groups is 1. The lowest BCUT2D eigenvalue weighted by molar-refractivity contribution is -0.137. The van der Waals surface area contributed by atoms with E-state index < -0.39 is 17.5 Å². The minimum absolute atomic E-state index is 0.131. The zero-order valence-corrected chi connectivity index (χ0v) is 10.7. The molecule has 0 saturated heterocycles. The molecule has 0 aromatic carbocycles. The molecule has 102 valence electrons. The van der Waals surface area contributed by atoms with E-state index in [4.69, 9.17) is 11.5 Å². The summed E-state index contributed by atoms with van der Waals surface area (Å²) in [6, 6.07) is -0.435. The molecule has 1 heterocycles. The zero-order chi connectivity index (χ0) is 14.5. The highest BCUT2D eigenvalue weighted by atomic mass is 16.4. The molecule has 0 aliphatic carbocycles. The Bertz CT molecular complexity index is 515. The van der Waals surface area contributed by atoms with Crippen molar-refractivity contribution in [3.63, 3.8) is 0 Å². The van der Waals surface area contributed by atoms with Crippen molar-refractivity contribution in [3.8, 4) is 12.3 Å². The van der Waals surface area contributed by atoms with Crippen molar-refractivity contribution >= 4 is 12.0 Å². The summed E-state index contributed by atoms with van der Waals surface area (Å²) in [6.07, 6.45) is 6.68. The molecule has 8 nitrogen and oxygen atoms in total. The summed E-state index contributed by atoms with van der Waals surface area (Å²) in [4.78, 5) is 22.0. The highest BCUT2D eigenvalue weighted by Crippen LogP contribution is 1.98. The van der Waals surface area contributed by atoms with E-state index in [1.807, 2.05) is 0 Å². The number of carbonyl (C=O) groups is 2. The first-order valence-corrected chi connectivity index (χ1v) is 5.47. The SMILES string of the molecule is C#CC(C)(C)NC(=O)NCc1cn(CC(=O)O)nn1. The Kier molecular flexibility index (Phi) is 4.47. The van der Waals surface area contributed by atoms with Gasteiger partial charge >= 0.3 is 12.0 Å². The lowest BCUT2D eigenvalue weighted by Gasteiger charge is -2.19. The van der Waals surface area contributed by atoms with Crippen molar-refractivity contribution in [1.29, 1.82) is 0 Å². The van der Waals surface area contributed by atoms with E-state index in [2.05, 4.69) is 26.9 Å². The van der Waals surface area contributed by atoms with E-state index in [1.165, 1.54) is 10.9 Å². The van der Waals surface area contributed by atoms with Crippen molar-refractivity contribution in [2.45, 2.75) is 32.5 Å². The number of rotatable bonds is 5. The van der Waals surface area contributed by atoms with Crippen LogP contribution in [0.4, 0.5) is 4.79 Å². The second kappa shape index (κ2) is 5.86. The molecule has 19 heavy (non-hydrogen) atoms. The van der Waals surface area contributed by atoms with Crippen LogP contribution in [0.2, 0.25) is 0 Å². The molecule has 1 rings (SSSR count). The summed E-state index contributed by atoms with van der Waals surface area (Å²) in [5.74, 6) is 1.41. The molecule has 2 amide bonds. The molecule has 0 unspecified atom stereocenters. The van der Waals surface area contributed by atoms with Crippen LogP contribution in [0.1, 0.15) is 19.5 Å². The van der Waals surface area contributed by atoms with Gasteiger partial charge in [0.05, 0.1) is 18.3 Å². The molecule has 3 N–H and O–H groups in total. The Morgan fingerprint density at radius 2 is 2.26 bits per heavy atom. The maximum Gasteiger partial charge on any atom is 0.325 e. The third kappa shape index (κ3) is 5.08. The number of terminal acetylenes is 1. The third-order valence-electron chi connectivity index (χ3n) is 2.10. The monoisotopic (exact) mass is 265 g/mol. The molecule has 0 aliphatic rings. The second-order valence-electron chi connectivity index (χ2n) is 4.38. The van der Waals surface area contributed by atoms with Gasteiger partial charge < -0.3 is 15.7 Å². The summed E-state index contributed by atoms with van der Waals surface area (Å²) >= 11 is 0. The van der Waals surface area contributed by atoms with E-state index in [0.717, 1.165) is 0 Å². The van der Waals surface area contributed by atoms with Gasteiger partial charge in [0.2, 0.25) is 0 Å². The van der Waals surface area contributed by atoms with Gasteiger partial charge in [0.1, 0.15) is 12.2 Å². The Morgan fingerprint density at radius 1 is 1.58 bits per heavy atom. The fourth-order valence-electron chi connectivity index (χ4n) is 1.17. The molecule has 1 aromatic heterocycles. The van der Waals surface area contributed by atoms with Gasteiger partial charge in [0, 0.05) is 0 Å². The van der Waals surface area contributed by atoms with Gasteiger partial charge in [-0.1, -0.05) is 11.1 Å². The van der Waals surface area contributed by atoms with Gasteiger partial charge in [-0.2, -0.15) is 0 Å². The number of carboxylic acid groups (broad SMARTS) is 1. The highest BCUT2D eigenvalue weighted by Gasteiger charge is 2.16. The van der Waals surface area contributed by atoms with Gasteiger partial charge in [0.25, 0.3) is 0 Å². The van der Waals surface area contributed by atoms with Crippen molar-refractivity contribution in [2.24, 2.45) is 0 Å². The number of nitrogens with one attached hydrogen (secondary N) is 2. The number of aliphatic carboxylic acids is 1. The van der Waals surface area contributed by atoms with Crippen molar-refractivity contribution in [2.75, 3.05) is 0 Å².